The lowest BCUT2D eigenvalue weighted by atomic mass is 10.1. The topological polar surface area (TPSA) is 67.4 Å². The molecular formula is C14H29ClN2O3S. The van der Waals surface area contributed by atoms with Crippen molar-refractivity contribution < 1.29 is 13.2 Å². The van der Waals surface area contributed by atoms with Gasteiger partial charge in [0.1, 0.15) is 0 Å². The molecule has 2 rings (SSSR count). The molecule has 21 heavy (non-hydrogen) atoms. The molecule has 1 saturated carbocycles. The van der Waals surface area contributed by atoms with Crippen LogP contribution >= 0.6 is 12.4 Å². The number of ether oxygens (including phenoxy) is 1. The molecule has 126 valence electrons. The first-order chi connectivity index (χ1) is 9.68. The first-order valence-electron chi connectivity index (χ1n) is 7.98. The summed E-state index contributed by atoms with van der Waals surface area (Å²) in [6, 6.07) is 0.569. The fraction of sp³-hybridized carbons (Fsp3) is 1.00. The van der Waals surface area contributed by atoms with Gasteiger partial charge in [-0.3, -0.25) is 0 Å². The van der Waals surface area contributed by atoms with Gasteiger partial charge in [0.25, 0.3) is 0 Å². The summed E-state index contributed by atoms with van der Waals surface area (Å²) in [6.45, 7) is 2.23. The Balaban J connectivity index is 0.00000220. The van der Waals surface area contributed by atoms with E-state index in [0.717, 1.165) is 13.0 Å². The normalized spacial score (nSPS) is 25.0. The van der Waals surface area contributed by atoms with Crippen LogP contribution in [0.2, 0.25) is 0 Å². The highest BCUT2D eigenvalue weighted by Gasteiger charge is 2.27. The van der Waals surface area contributed by atoms with E-state index in [1.165, 1.54) is 38.5 Å². The number of rotatable bonds is 6. The molecule has 0 amide bonds. The molecule has 2 aliphatic rings. The second-order valence-electron chi connectivity index (χ2n) is 5.92. The molecule has 0 radical (unpaired) electrons. The third-order valence-electron chi connectivity index (χ3n) is 4.27. The maximum absolute atomic E-state index is 12.1. The average Bonchev–Trinajstić information content (AvgIpc) is 2.73. The monoisotopic (exact) mass is 340 g/mol. The molecule has 1 atom stereocenters. The largest absolute Gasteiger partial charge is 0.380 e. The van der Waals surface area contributed by atoms with Crippen molar-refractivity contribution in [1.29, 1.82) is 0 Å². The SMILES string of the molecule is Cl.O=S(=O)(NCCNC1CCCCCC1)C1CCCOC1. The van der Waals surface area contributed by atoms with Crippen molar-refractivity contribution >= 4 is 22.4 Å². The number of hydrogen-bond acceptors (Lipinski definition) is 4. The Bertz CT molecular complexity index is 364. The van der Waals surface area contributed by atoms with Crippen molar-refractivity contribution in [3.63, 3.8) is 0 Å². The van der Waals surface area contributed by atoms with Crippen molar-refractivity contribution in [3.05, 3.63) is 0 Å². The van der Waals surface area contributed by atoms with Gasteiger partial charge >= 0.3 is 0 Å². The highest BCUT2D eigenvalue weighted by Crippen LogP contribution is 2.17. The minimum Gasteiger partial charge on any atom is -0.380 e. The lowest BCUT2D eigenvalue weighted by molar-refractivity contribution is 0.0988. The Hall–Kier alpha value is 0.120. The van der Waals surface area contributed by atoms with E-state index in [1.807, 2.05) is 0 Å². The summed E-state index contributed by atoms with van der Waals surface area (Å²) in [7, 11) is -3.21. The molecule has 0 spiro atoms. The van der Waals surface area contributed by atoms with Crippen LogP contribution in [0.4, 0.5) is 0 Å². The Labute approximate surface area is 135 Å². The van der Waals surface area contributed by atoms with E-state index >= 15 is 0 Å². The van der Waals surface area contributed by atoms with E-state index in [0.29, 0.717) is 32.2 Å². The van der Waals surface area contributed by atoms with Gasteiger partial charge in [-0.15, -0.1) is 12.4 Å². The Morgan fingerprint density at radius 2 is 1.67 bits per heavy atom. The molecular weight excluding hydrogens is 312 g/mol. The summed E-state index contributed by atoms with van der Waals surface area (Å²) in [5.74, 6) is 0. The number of halogens is 1. The lowest BCUT2D eigenvalue weighted by Crippen LogP contribution is -2.43. The Morgan fingerprint density at radius 3 is 2.29 bits per heavy atom. The fourth-order valence-electron chi connectivity index (χ4n) is 3.03. The van der Waals surface area contributed by atoms with Gasteiger partial charge in [0, 0.05) is 25.7 Å². The highest BCUT2D eigenvalue weighted by molar-refractivity contribution is 7.90. The van der Waals surface area contributed by atoms with Crippen LogP contribution in [0, 0.1) is 0 Å². The second-order valence-corrected chi connectivity index (χ2v) is 7.97. The molecule has 1 aliphatic heterocycles. The third kappa shape index (κ3) is 6.82. The molecule has 5 nitrogen and oxygen atoms in total. The molecule has 0 aromatic rings. The van der Waals surface area contributed by atoms with Gasteiger partial charge in [-0.1, -0.05) is 25.7 Å². The molecule has 1 saturated heterocycles. The smallest absolute Gasteiger partial charge is 0.216 e. The summed E-state index contributed by atoms with van der Waals surface area (Å²) in [6.07, 6.45) is 9.27. The second kappa shape index (κ2) is 10.0. The predicted molar refractivity (Wildman–Crippen MR) is 87.5 cm³/mol. The van der Waals surface area contributed by atoms with Gasteiger partial charge < -0.3 is 10.1 Å². The molecule has 1 heterocycles. The summed E-state index contributed by atoms with van der Waals surface area (Å²) in [5, 5.41) is 3.11. The molecule has 2 N–H and O–H groups in total. The number of hydrogen-bond donors (Lipinski definition) is 2. The lowest BCUT2D eigenvalue weighted by Gasteiger charge is -2.23. The van der Waals surface area contributed by atoms with E-state index in [9.17, 15) is 8.42 Å². The van der Waals surface area contributed by atoms with E-state index in [2.05, 4.69) is 10.0 Å². The first-order valence-corrected chi connectivity index (χ1v) is 9.53. The number of nitrogens with one attached hydrogen (secondary N) is 2. The minimum atomic E-state index is -3.21. The fourth-order valence-corrected chi connectivity index (χ4v) is 4.40. The van der Waals surface area contributed by atoms with Gasteiger partial charge in [-0.2, -0.15) is 0 Å². The Kier molecular flexibility index (Phi) is 9.13. The molecule has 7 heteroatoms. The van der Waals surface area contributed by atoms with Crippen molar-refractivity contribution in [1.82, 2.24) is 10.0 Å². The summed E-state index contributed by atoms with van der Waals surface area (Å²) in [4.78, 5) is 0. The third-order valence-corrected chi connectivity index (χ3v) is 6.13. The summed E-state index contributed by atoms with van der Waals surface area (Å²) >= 11 is 0. The van der Waals surface area contributed by atoms with Crippen molar-refractivity contribution in [3.8, 4) is 0 Å². The molecule has 0 aromatic heterocycles. The van der Waals surface area contributed by atoms with Crippen LogP contribution in [-0.2, 0) is 14.8 Å². The van der Waals surface area contributed by atoms with Crippen LogP contribution < -0.4 is 10.0 Å². The van der Waals surface area contributed by atoms with Crippen molar-refractivity contribution in [2.24, 2.45) is 0 Å². The molecule has 1 unspecified atom stereocenters. The van der Waals surface area contributed by atoms with Crippen LogP contribution in [-0.4, -0.2) is 46.0 Å². The van der Waals surface area contributed by atoms with Crippen LogP contribution in [0.3, 0.4) is 0 Å². The molecule has 2 fully saturated rings. The summed E-state index contributed by atoms with van der Waals surface area (Å²) in [5.41, 5.74) is 0. The average molecular weight is 341 g/mol. The first kappa shape index (κ1) is 19.2. The Morgan fingerprint density at radius 1 is 0.952 bits per heavy atom. The maximum Gasteiger partial charge on any atom is 0.216 e. The van der Waals surface area contributed by atoms with Gasteiger partial charge in [-0.25, -0.2) is 13.1 Å². The van der Waals surface area contributed by atoms with Gasteiger partial charge in [0.15, 0.2) is 0 Å². The molecule has 0 bridgehead atoms. The van der Waals surface area contributed by atoms with Crippen LogP contribution in [0.25, 0.3) is 0 Å². The highest BCUT2D eigenvalue weighted by atomic mass is 35.5. The molecule has 0 aromatic carbocycles. The van der Waals surface area contributed by atoms with Crippen LogP contribution in [0.1, 0.15) is 51.4 Å². The zero-order valence-electron chi connectivity index (χ0n) is 12.7. The van der Waals surface area contributed by atoms with E-state index < -0.39 is 10.0 Å². The maximum atomic E-state index is 12.1. The van der Waals surface area contributed by atoms with E-state index in [4.69, 9.17) is 4.74 Å². The van der Waals surface area contributed by atoms with Crippen LogP contribution in [0.15, 0.2) is 0 Å². The van der Waals surface area contributed by atoms with Gasteiger partial charge in [0.2, 0.25) is 10.0 Å². The minimum absolute atomic E-state index is 0. The summed E-state index contributed by atoms with van der Waals surface area (Å²) < 4.78 is 32.1. The standard InChI is InChI=1S/C14H28N2O3S.ClH/c17-20(18,14-8-5-11-19-12-14)16-10-9-15-13-6-3-1-2-4-7-13;/h13-16H,1-12H2;1H. The predicted octanol–water partition coefficient (Wildman–Crippen LogP) is 1.82. The molecule has 1 aliphatic carbocycles. The zero-order chi connectivity index (χ0) is 14.3. The quantitative estimate of drug-likeness (QED) is 0.571. The van der Waals surface area contributed by atoms with Gasteiger partial charge in [-0.05, 0) is 25.7 Å². The van der Waals surface area contributed by atoms with Crippen molar-refractivity contribution in [2.75, 3.05) is 26.3 Å². The van der Waals surface area contributed by atoms with Crippen LogP contribution in [0.5, 0.6) is 0 Å². The zero-order valence-corrected chi connectivity index (χ0v) is 14.3. The van der Waals surface area contributed by atoms with Gasteiger partial charge in [0.05, 0.1) is 11.9 Å². The van der Waals surface area contributed by atoms with E-state index in [-0.39, 0.29) is 17.7 Å². The van der Waals surface area contributed by atoms with E-state index in [1.54, 1.807) is 0 Å². The number of sulfonamides is 1. The van der Waals surface area contributed by atoms with Crippen molar-refractivity contribution in [2.45, 2.75) is 62.7 Å².